The zero-order valence-corrected chi connectivity index (χ0v) is 13.6. The van der Waals surface area contributed by atoms with E-state index in [9.17, 15) is 13.2 Å². The van der Waals surface area contributed by atoms with Gasteiger partial charge in [0.25, 0.3) is 0 Å². The monoisotopic (exact) mass is 313 g/mol. The number of nitrogens with two attached hydrogens (primary N) is 1. The summed E-state index contributed by atoms with van der Waals surface area (Å²) < 4.78 is 28.2. The predicted molar refractivity (Wildman–Crippen MR) is 81.7 cm³/mol. The smallest absolute Gasteiger partial charge is 0.338 e. The summed E-state index contributed by atoms with van der Waals surface area (Å²) >= 11 is 0. The molecule has 0 unspecified atom stereocenters. The number of hydrogen-bond acceptors (Lipinski definition) is 4. The minimum Gasteiger partial charge on any atom is -0.462 e. The molecule has 0 aliphatic rings. The third-order valence-electron chi connectivity index (χ3n) is 3.28. The fourth-order valence-corrected chi connectivity index (χ4v) is 2.92. The quantitative estimate of drug-likeness (QED) is 0.619. The number of hydrogen-bond donors (Lipinski definition) is 1. The topological polar surface area (TPSA) is 86.5 Å². The minimum absolute atomic E-state index is 0.0361. The van der Waals surface area contributed by atoms with Gasteiger partial charge in [-0.3, -0.25) is 0 Å². The Hall–Kier alpha value is -1.40. The third kappa shape index (κ3) is 5.13. The highest BCUT2D eigenvalue weighted by Gasteiger charge is 2.18. The lowest BCUT2D eigenvalue weighted by molar-refractivity contribution is 0.0496. The lowest BCUT2D eigenvalue weighted by Crippen LogP contribution is -2.16. The molecule has 0 spiro atoms. The average Bonchev–Trinajstić information content (AvgIpc) is 2.36. The average molecular weight is 313 g/mol. The Morgan fingerprint density at radius 1 is 1.14 bits per heavy atom. The Labute approximate surface area is 126 Å². The summed E-state index contributed by atoms with van der Waals surface area (Å²) in [5.74, 6) is -0.506. The number of carbonyl (C=O) groups excluding carboxylic acids is 1. The maximum Gasteiger partial charge on any atom is 0.338 e. The summed E-state index contributed by atoms with van der Waals surface area (Å²) in [5, 5.41) is 5.15. The van der Waals surface area contributed by atoms with Crippen LogP contribution in [0.15, 0.2) is 17.0 Å². The molecule has 0 aliphatic heterocycles. The summed E-state index contributed by atoms with van der Waals surface area (Å²) in [6, 6.07) is 2.93. The minimum atomic E-state index is -3.85. The SMILES string of the molecule is CCCCCCOC(=O)c1cc(S(N)(=O)=O)c(C)cc1C. The molecule has 5 nitrogen and oxygen atoms in total. The van der Waals surface area contributed by atoms with Crippen LogP contribution in [-0.2, 0) is 14.8 Å². The van der Waals surface area contributed by atoms with Crippen LogP contribution in [0.2, 0.25) is 0 Å². The van der Waals surface area contributed by atoms with E-state index in [-0.39, 0.29) is 10.5 Å². The Balaban J connectivity index is 2.85. The van der Waals surface area contributed by atoms with E-state index in [1.807, 2.05) is 0 Å². The number of primary sulfonamides is 1. The molecule has 0 radical (unpaired) electrons. The van der Waals surface area contributed by atoms with E-state index in [4.69, 9.17) is 9.88 Å². The van der Waals surface area contributed by atoms with Crippen LogP contribution in [0.1, 0.15) is 54.1 Å². The largest absolute Gasteiger partial charge is 0.462 e. The molecule has 0 saturated heterocycles. The fourth-order valence-electron chi connectivity index (χ4n) is 2.13. The second kappa shape index (κ2) is 7.56. The number of aryl methyl sites for hydroxylation is 2. The van der Waals surface area contributed by atoms with Crippen LogP contribution < -0.4 is 5.14 Å². The van der Waals surface area contributed by atoms with Crippen molar-refractivity contribution in [2.24, 2.45) is 5.14 Å². The Bertz CT molecular complexity index is 608. The zero-order valence-electron chi connectivity index (χ0n) is 12.8. The van der Waals surface area contributed by atoms with Gasteiger partial charge in [-0.15, -0.1) is 0 Å². The van der Waals surface area contributed by atoms with Crippen LogP contribution in [0, 0.1) is 13.8 Å². The van der Waals surface area contributed by atoms with Crippen molar-refractivity contribution in [3.63, 3.8) is 0 Å². The van der Waals surface area contributed by atoms with E-state index in [2.05, 4.69) is 6.92 Å². The summed E-state index contributed by atoms with van der Waals surface area (Å²) in [5.41, 5.74) is 1.45. The van der Waals surface area contributed by atoms with E-state index >= 15 is 0 Å². The standard InChI is InChI=1S/C15H23NO4S/c1-4-5-6-7-8-20-15(17)13-10-14(21(16,18)19)12(3)9-11(13)2/h9-10H,4-8H2,1-3H3,(H2,16,18,19). The molecule has 0 heterocycles. The molecule has 1 aromatic carbocycles. The first-order valence-electron chi connectivity index (χ1n) is 7.08. The summed E-state index contributed by atoms with van der Waals surface area (Å²) in [6.45, 7) is 5.84. The van der Waals surface area contributed by atoms with E-state index < -0.39 is 16.0 Å². The lowest BCUT2D eigenvalue weighted by atomic mass is 10.1. The second-order valence-corrected chi connectivity index (χ2v) is 6.70. The van der Waals surface area contributed by atoms with E-state index in [1.54, 1.807) is 19.9 Å². The highest BCUT2D eigenvalue weighted by molar-refractivity contribution is 7.89. The molecule has 0 atom stereocenters. The number of carbonyl (C=O) groups is 1. The highest BCUT2D eigenvalue weighted by Crippen LogP contribution is 2.20. The number of esters is 1. The van der Waals surface area contributed by atoms with Gasteiger partial charge in [0.2, 0.25) is 10.0 Å². The van der Waals surface area contributed by atoms with Crippen molar-refractivity contribution in [3.8, 4) is 0 Å². The molecule has 0 aromatic heterocycles. The Morgan fingerprint density at radius 3 is 2.38 bits per heavy atom. The van der Waals surface area contributed by atoms with E-state index in [0.29, 0.717) is 17.7 Å². The van der Waals surface area contributed by atoms with Crippen LogP contribution in [0.4, 0.5) is 0 Å². The van der Waals surface area contributed by atoms with Crippen molar-refractivity contribution in [1.82, 2.24) is 0 Å². The first kappa shape index (κ1) is 17.7. The van der Waals surface area contributed by atoms with Crippen molar-refractivity contribution < 1.29 is 17.9 Å². The lowest BCUT2D eigenvalue weighted by Gasteiger charge is -2.11. The van der Waals surface area contributed by atoms with Crippen molar-refractivity contribution in [3.05, 3.63) is 28.8 Å². The number of rotatable bonds is 7. The molecule has 118 valence electrons. The van der Waals surface area contributed by atoms with Gasteiger partial charge in [-0.25, -0.2) is 18.4 Å². The maximum atomic E-state index is 12.0. The number of unbranched alkanes of at least 4 members (excludes halogenated alkanes) is 3. The van der Waals surface area contributed by atoms with Gasteiger partial charge in [-0.05, 0) is 37.5 Å². The van der Waals surface area contributed by atoms with Crippen molar-refractivity contribution in [1.29, 1.82) is 0 Å². The molecule has 1 rings (SSSR count). The first-order chi connectivity index (χ1) is 9.77. The van der Waals surface area contributed by atoms with Crippen LogP contribution in [0.3, 0.4) is 0 Å². The molecule has 6 heteroatoms. The number of benzene rings is 1. The predicted octanol–water partition coefficient (Wildman–Crippen LogP) is 2.69. The Kier molecular flexibility index (Phi) is 6.36. The van der Waals surface area contributed by atoms with Gasteiger partial charge < -0.3 is 4.74 Å². The molecular formula is C15H23NO4S. The van der Waals surface area contributed by atoms with Crippen LogP contribution >= 0.6 is 0 Å². The molecule has 0 amide bonds. The molecule has 0 fully saturated rings. The van der Waals surface area contributed by atoms with E-state index in [0.717, 1.165) is 25.7 Å². The number of ether oxygens (including phenoxy) is 1. The van der Waals surface area contributed by atoms with Gasteiger partial charge in [0.1, 0.15) is 0 Å². The van der Waals surface area contributed by atoms with Crippen LogP contribution in [-0.4, -0.2) is 21.0 Å². The molecule has 0 saturated carbocycles. The Morgan fingerprint density at radius 2 is 1.81 bits per heavy atom. The van der Waals surface area contributed by atoms with Gasteiger partial charge in [-0.2, -0.15) is 0 Å². The van der Waals surface area contributed by atoms with Gasteiger partial charge in [0, 0.05) is 0 Å². The first-order valence-corrected chi connectivity index (χ1v) is 8.63. The third-order valence-corrected chi connectivity index (χ3v) is 4.33. The molecule has 0 bridgehead atoms. The van der Waals surface area contributed by atoms with Gasteiger partial charge in [0.15, 0.2) is 0 Å². The van der Waals surface area contributed by atoms with Crippen molar-refractivity contribution in [2.75, 3.05) is 6.61 Å². The van der Waals surface area contributed by atoms with Crippen LogP contribution in [0.25, 0.3) is 0 Å². The highest BCUT2D eigenvalue weighted by atomic mass is 32.2. The molecule has 1 aromatic rings. The van der Waals surface area contributed by atoms with Crippen molar-refractivity contribution in [2.45, 2.75) is 51.3 Å². The summed E-state index contributed by atoms with van der Waals surface area (Å²) in [4.78, 5) is 12.0. The van der Waals surface area contributed by atoms with Crippen molar-refractivity contribution >= 4 is 16.0 Å². The number of sulfonamides is 1. The van der Waals surface area contributed by atoms with E-state index in [1.165, 1.54) is 6.07 Å². The van der Waals surface area contributed by atoms with Gasteiger partial charge in [-0.1, -0.05) is 32.3 Å². The molecule has 0 aliphatic carbocycles. The fraction of sp³-hybridized carbons (Fsp3) is 0.533. The summed E-state index contributed by atoms with van der Waals surface area (Å²) in [7, 11) is -3.85. The molecule has 21 heavy (non-hydrogen) atoms. The molecule has 2 N–H and O–H groups in total. The second-order valence-electron chi connectivity index (χ2n) is 5.17. The zero-order chi connectivity index (χ0) is 16.0. The maximum absolute atomic E-state index is 12.0. The summed E-state index contributed by atoms with van der Waals surface area (Å²) in [6.07, 6.45) is 4.05. The molecular weight excluding hydrogens is 290 g/mol. The van der Waals surface area contributed by atoms with Gasteiger partial charge >= 0.3 is 5.97 Å². The van der Waals surface area contributed by atoms with Crippen LogP contribution in [0.5, 0.6) is 0 Å². The van der Waals surface area contributed by atoms with Gasteiger partial charge in [0.05, 0.1) is 17.1 Å². The normalized spacial score (nSPS) is 11.4.